The minimum Gasteiger partial charge on any atom is -0.496 e. The molecule has 9 nitrogen and oxygen atoms in total. The van der Waals surface area contributed by atoms with Gasteiger partial charge in [0.05, 0.1) is 39.0 Å². The van der Waals surface area contributed by atoms with Gasteiger partial charge in [0.2, 0.25) is 5.91 Å². The molecule has 0 radical (unpaired) electrons. The second-order valence-corrected chi connectivity index (χ2v) is 14.3. The normalized spacial score (nSPS) is 24.6. The summed E-state index contributed by atoms with van der Waals surface area (Å²) in [5, 5.41) is 14.0. The van der Waals surface area contributed by atoms with Crippen LogP contribution in [0.4, 0.5) is 14.9 Å². The predicted molar refractivity (Wildman–Crippen MR) is 183 cm³/mol. The number of β-amino-alcohol motifs (C(OH)–C–C–N with tert-alkyl or cyclic N) is 1. The lowest BCUT2D eigenvalue weighted by atomic mass is 9.76. The van der Waals surface area contributed by atoms with E-state index in [0.717, 1.165) is 22.4 Å². The van der Waals surface area contributed by atoms with E-state index in [1.165, 1.54) is 10.5 Å². The molecule has 2 aromatic carbocycles. The maximum absolute atomic E-state index is 16.9. The molecule has 6 rings (SSSR count). The molecular weight excluding hydrogens is 611 g/mol. The quantitative estimate of drug-likeness (QED) is 0.260. The Morgan fingerprint density at radius 2 is 1.77 bits per heavy atom. The summed E-state index contributed by atoms with van der Waals surface area (Å²) in [5.74, 6) is 0.748. The molecule has 0 spiro atoms. The SMILES string of the molecule is COc1ccc(C2CCC(F)(CN(C(=O)C3CCC(OC(=O)N4CC(O)C4)CC3)c3cccc(-c4cnn(C(C)C)c4)c3)CC2)cc1C. The topological polar surface area (TPSA) is 97.1 Å². The fourth-order valence-corrected chi connectivity index (χ4v) is 7.45. The van der Waals surface area contributed by atoms with Gasteiger partial charge in [-0.1, -0.05) is 24.3 Å². The van der Waals surface area contributed by atoms with Gasteiger partial charge in [0, 0.05) is 29.4 Å². The van der Waals surface area contributed by atoms with Gasteiger partial charge in [-0.2, -0.15) is 5.10 Å². The Bertz CT molecular complexity index is 1590. The van der Waals surface area contributed by atoms with Crippen molar-refractivity contribution in [3.63, 3.8) is 0 Å². The molecule has 3 fully saturated rings. The second-order valence-electron chi connectivity index (χ2n) is 14.3. The summed E-state index contributed by atoms with van der Waals surface area (Å²) in [4.78, 5) is 30.0. The minimum atomic E-state index is -1.51. The average Bonchev–Trinajstić information content (AvgIpc) is 3.57. The third kappa shape index (κ3) is 7.53. The zero-order valence-electron chi connectivity index (χ0n) is 28.6. The van der Waals surface area contributed by atoms with Gasteiger partial charge in [0.15, 0.2) is 0 Å². The molecular formula is C38H49FN4O5. The molecule has 0 atom stereocenters. The Hall–Kier alpha value is -3.92. The lowest BCUT2D eigenvalue weighted by Gasteiger charge is -2.40. The van der Waals surface area contributed by atoms with Crippen molar-refractivity contribution in [1.82, 2.24) is 14.7 Å². The number of alkyl halides is 1. The first-order valence-electron chi connectivity index (χ1n) is 17.4. The van der Waals surface area contributed by atoms with Crippen LogP contribution in [0.3, 0.4) is 0 Å². The summed E-state index contributed by atoms with van der Waals surface area (Å²) >= 11 is 0. The molecule has 1 N–H and O–H groups in total. The number of benzene rings is 2. The van der Waals surface area contributed by atoms with Crippen LogP contribution in [0.15, 0.2) is 54.9 Å². The number of hydrogen-bond acceptors (Lipinski definition) is 6. The van der Waals surface area contributed by atoms with Gasteiger partial charge in [0.25, 0.3) is 0 Å². The number of halogens is 1. The molecule has 2 heterocycles. The van der Waals surface area contributed by atoms with Gasteiger partial charge in [-0.25, -0.2) is 9.18 Å². The van der Waals surface area contributed by atoms with Crippen LogP contribution in [0.2, 0.25) is 0 Å². The number of hydrogen-bond donors (Lipinski definition) is 1. The molecule has 2 saturated carbocycles. The Morgan fingerprint density at radius 3 is 2.40 bits per heavy atom. The van der Waals surface area contributed by atoms with Crippen LogP contribution >= 0.6 is 0 Å². The highest BCUT2D eigenvalue weighted by Gasteiger charge is 2.41. The molecule has 2 amide bonds. The van der Waals surface area contributed by atoms with Crippen LogP contribution in [-0.2, 0) is 9.53 Å². The maximum atomic E-state index is 16.9. The highest BCUT2D eigenvalue weighted by Crippen LogP contribution is 2.43. The van der Waals surface area contributed by atoms with E-state index in [1.807, 2.05) is 54.3 Å². The van der Waals surface area contributed by atoms with Crippen molar-refractivity contribution >= 4 is 17.7 Å². The lowest BCUT2D eigenvalue weighted by Crippen LogP contribution is -2.54. The summed E-state index contributed by atoms with van der Waals surface area (Å²) in [7, 11) is 1.67. The third-order valence-corrected chi connectivity index (χ3v) is 10.5. The van der Waals surface area contributed by atoms with E-state index in [0.29, 0.717) is 70.1 Å². The molecule has 1 aliphatic heterocycles. The van der Waals surface area contributed by atoms with Gasteiger partial charge in [-0.15, -0.1) is 0 Å². The fraction of sp³-hybridized carbons (Fsp3) is 0.553. The van der Waals surface area contributed by atoms with Crippen LogP contribution in [0, 0.1) is 12.8 Å². The maximum Gasteiger partial charge on any atom is 0.410 e. The van der Waals surface area contributed by atoms with Crippen LogP contribution in [-0.4, -0.2) is 76.4 Å². The van der Waals surface area contributed by atoms with Gasteiger partial charge in [-0.05, 0) is 113 Å². The summed E-state index contributed by atoms with van der Waals surface area (Å²) in [6.07, 6.45) is 7.12. The van der Waals surface area contributed by atoms with Crippen molar-refractivity contribution in [3.05, 3.63) is 66.0 Å². The number of aliphatic hydroxyl groups is 1. The second kappa shape index (κ2) is 14.3. The number of likely N-dealkylation sites (tertiary alicyclic amines) is 1. The Balaban J connectivity index is 1.18. The molecule has 3 aromatic rings. The fourth-order valence-electron chi connectivity index (χ4n) is 7.45. The van der Waals surface area contributed by atoms with E-state index in [-0.39, 0.29) is 36.4 Å². The van der Waals surface area contributed by atoms with Crippen LogP contribution in [0.1, 0.15) is 88.3 Å². The number of aliphatic hydroxyl groups excluding tert-OH is 1. The average molecular weight is 661 g/mol. The van der Waals surface area contributed by atoms with Crippen molar-refractivity contribution < 1.29 is 28.6 Å². The largest absolute Gasteiger partial charge is 0.496 e. The molecule has 48 heavy (non-hydrogen) atoms. The number of carbonyl (C=O) groups is 2. The molecule has 1 saturated heterocycles. The van der Waals surface area contributed by atoms with E-state index in [9.17, 15) is 14.7 Å². The Kier molecular flexibility index (Phi) is 10.1. The van der Waals surface area contributed by atoms with E-state index in [1.54, 1.807) is 12.0 Å². The number of ether oxygens (including phenoxy) is 2. The monoisotopic (exact) mass is 660 g/mol. The predicted octanol–water partition coefficient (Wildman–Crippen LogP) is 7.22. The summed E-state index contributed by atoms with van der Waals surface area (Å²) in [5.41, 5.74) is 3.33. The molecule has 0 unspecified atom stereocenters. The Labute approximate surface area is 283 Å². The molecule has 0 bridgehead atoms. The number of carbonyl (C=O) groups excluding carboxylic acids is 2. The van der Waals surface area contributed by atoms with Gasteiger partial charge >= 0.3 is 6.09 Å². The molecule has 3 aliphatic rings. The number of rotatable bonds is 9. The van der Waals surface area contributed by atoms with Crippen molar-refractivity contribution in [2.45, 2.75) is 102 Å². The highest BCUT2D eigenvalue weighted by molar-refractivity contribution is 5.96. The minimum absolute atomic E-state index is 0.00110. The van der Waals surface area contributed by atoms with Gasteiger partial charge in [-0.3, -0.25) is 9.48 Å². The van der Waals surface area contributed by atoms with Crippen LogP contribution < -0.4 is 9.64 Å². The zero-order chi connectivity index (χ0) is 34.0. The van der Waals surface area contributed by atoms with E-state index in [4.69, 9.17) is 9.47 Å². The molecule has 1 aromatic heterocycles. The molecule has 10 heteroatoms. The number of amides is 2. The highest BCUT2D eigenvalue weighted by atomic mass is 19.1. The Morgan fingerprint density at radius 1 is 1.04 bits per heavy atom. The first-order valence-corrected chi connectivity index (χ1v) is 17.4. The van der Waals surface area contributed by atoms with E-state index < -0.39 is 17.9 Å². The number of nitrogens with zero attached hydrogens (tertiary/aromatic N) is 4. The molecule has 258 valence electrons. The number of aryl methyl sites for hydroxylation is 1. The first kappa shape index (κ1) is 34.0. The van der Waals surface area contributed by atoms with Crippen LogP contribution in [0.5, 0.6) is 5.75 Å². The zero-order valence-corrected chi connectivity index (χ0v) is 28.6. The standard InChI is InChI=1S/C38H49FN4O5/c1-25(2)43-21-31(20-40-43)29-6-5-7-32(19-29)42(36(45)28-8-11-34(12-9-28)48-37(46)41-22-33(44)23-41)24-38(39)16-14-27(15-17-38)30-10-13-35(47-4)26(3)18-30/h5-7,10,13,18-21,25,27-28,33-34,44H,8-9,11-12,14-17,22-24H2,1-4H3. The first-order chi connectivity index (χ1) is 23.0. The van der Waals surface area contributed by atoms with Gasteiger partial charge in [0.1, 0.15) is 17.5 Å². The number of aromatic nitrogens is 2. The van der Waals surface area contributed by atoms with Crippen molar-refractivity contribution in [2.24, 2.45) is 5.92 Å². The van der Waals surface area contributed by atoms with Crippen LogP contribution in [0.25, 0.3) is 11.1 Å². The third-order valence-electron chi connectivity index (χ3n) is 10.5. The van der Waals surface area contributed by atoms with E-state index in [2.05, 4.69) is 31.1 Å². The van der Waals surface area contributed by atoms with Gasteiger partial charge < -0.3 is 24.4 Å². The van der Waals surface area contributed by atoms with Crippen molar-refractivity contribution in [1.29, 1.82) is 0 Å². The summed E-state index contributed by atoms with van der Waals surface area (Å²) in [6.45, 7) is 6.77. The number of methoxy groups -OCH3 is 1. The number of anilines is 1. The summed E-state index contributed by atoms with van der Waals surface area (Å²) < 4.78 is 29.9. The molecule has 2 aliphatic carbocycles. The smallest absolute Gasteiger partial charge is 0.410 e. The van der Waals surface area contributed by atoms with Crippen molar-refractivity contribution in [2.75, 3.05) is 31.6 Å². The van der Waals surface area contributed by atoms with Crippen molar-refractivity contribution in [3.8, 4) is 16.9 Å². The lowest BCUT2D eigenvalue weighted by molar-refractivity contribution is -0.124. The summed E-state index contributed by atoms with van der Waals surface area (Å²) in [6, 6.07) is 14.2. The van der Waals surface area contributed by atoms with E-state index >= 15 is 4.39 Å².